The predicted octanol–water partition coefficient (Wildman–Crippen LogP) is 8.05. The van der Waals surface area contributed by atoms with E-state index in [1.165, 1.54) is 100 Å². The van der Waals surface area contributed by atoms with Gasteiger partial charge in [0.2, 0.25) is 0 Å². The summed E-state index contributed by atoms with van der Waals surface area (Å²) in [5, 5.41) is 40.0. The first-order valence-corrected chi connectivity index (χ1v) is 28.3. The van der Waals surface area contributed by atoms with Gasteiger partial charge in [-0.05, 0) is 75.4 Å². The lowest BCUT2D eigenvalue weighted by Crippen LogP contribution is -2.53. The van der Waals surface area contributed by atoms with Crippen molar-refractivity contribution < 1.29 is 49.0 Å². The molecule has 56 heavy (non-hydrogen) atoms. The molecule has 0 aromatic heterocycles. The predicted molar refractivity (Wildman–Crippen MR) is 242 cm³/mol. The zero-order valence-corrected chi connectivity index (χ0v) is 39.3. The zero-order chi connectivity index (χ0) is 41.0. The molecule has 2 saturated heterocycles. The first-order chi connectivity index (χ1) is 27.0. The van der Waals surface area contributed by atoms with E-state index in [4.69, 9.17) is 18.9 Å². The van der Waals surface area contributed by atoms with E-state index in [-0.39, 0.29) is 37.0 Å². The lowest BCUT2D eigenvalue weighted by molar-refractivity contribution is -0.203. The average molecular weight is 907 g/mol. The zero-order valence-electron chi connectivity index (χ0n) is 34.4. The Kier molecular flexibility index (Phi) is 31.6. The molecule has 0 radical (unpaired) electrons. The molecule has 2 fully saturated rings. The number of hydrogen-bond donors (Lipinski definition) is 4. The van der Waals surface area contributed by atoms with Crippen LogP contribution in [0.25, 0.3) is 0 Å². The monoisotopic (exact) mass is 906 g/mol. The summed E-state index contributed by atoms with van der Waals surface area (Å²) in [4.78, 5) is 24.2. The van der Waals surface area contributed by atoms with Gasteiger partial charge in [-0.3, -0.25) is 9.59 Å². The third kappa shape index (κ3) is 23.7. The fourth-order valence-corrected chi connectivity index (χ4v) is 12.6. The Bertz CT molecular complexity index is 929. The molecular weight excluding hydrogens is 833 g/mol. The van der Waals surface area contributed by atoms with E-state index in [0.717, 1.165) is 23.0 Å². The quantitative estimate of drug-likeness (QED) is 0.0285. The largest absolute Gasteiger partial charge is 0.463 e. The van der Waals surface area contributed by atoms with Crippen LogP contribution in [-0.4, -0.2) is 140 Å². The summed E-state index contributed by atoms with van der Waals surface area (Å²) < 4.78 is 22.1. The molecule has 330 valence electrons. The van der Waals surface area contributed by atoms with Gasteiger partial charge in [-0.2, -0.15) is 23.5 Å². The number of hydrogen-bond acceptors (Lipinski definition) is 16. The molecule has 16 heteroatoms. The van der Waals surface area contributed by atoms with E-state index >= 15 is 0 Å². The van der Waals surface area contributed by atoms with E-state index in [0.29, 0.717) is 12.8 Å². The maximum atomic E-state index is 12.1. The fourth-order valence-electron chi connectivity index (χ4n) is 6.34. The molecule has 0 aromatic carbocycles. The lowest BCUT2D eigenvalue weighted by Gasteiger charge is -2.40. The number of carbonyl (C=O) groups is 2. The molecular formula is C40H74O10S6. The molecule has 10 unspecified atom stereocenters. The number of aliphatic hydroxyl groups is 4. The van der Waals surface area contributed by atoms with Gasteiger partial charge in [0, 0.05) is 34.8 Å². The summed E-state index contributed by atoms with van der Waals surface area (Å²) in [6.07, 6.45) is 11.0. The van der Waals surface area contributed by atoms with Gasteiger partial charge in [0.25, 0.3) is 0 Å². The van der Waals surface area contributed by atoms with Gasteiger partial charge in [0.05, 0.1) is 49.5 Å². The number of esters is 2. The molecule has 0 aromatic rings. The number of carbonyl (C=O) groups excluding carboxylic acids is 2. The van der Waals surface area contributed by atoms with Crippen LogP contribution in [-0.2, 0) is 28.5 Å². The van der Waals surface area contributed by atoms with Gasteiger partial charge < -0.3 is 39.4 Å². The molecule has 2 rings (SSSR count). The maximum absolute atomic E-state index is 12.1. The Labute approximate surface area is 362 Å². The summed E-state index contributed by atoms with van der Waals surface area (Å²) in [6, 6.07) is 0. The summed E-state index contributed by atoms with van der Waals surface area (Å²) >= 11 is 4.22. The number of rotatable bonds is 33. The second-order valence-electron chi connectivity index (χ2n) is 15.1. The third-order valence-electron chi connectivity index (χ3n) is 10.3. The second-order valence-corrected chi connectivity index (χ2v) is 22.9. The van der Waals surface area contributed by atoms with E-state index < -0.39 is 48.8 Å². The van der Waals surface area contributed by atoms with Crippen molar-refractivity contribution in [2.24, 2.45) is 11.8 Å². The minimum atomic E-state index is -0.910. The highest BCUT2D eigenvalue weighted by molar-refractivity contribution is 8.77. The van der Waals surface area contributed by atoms with Crippen LogP contribution in [0.3, 0.4) is 0 Å². The van der Waals surface area contributed by atoms with Gasteiger partial charge in [-0.1, -0.05) is 95.5 Å². The fraction of sp³-hybridized carbons (Fsp3) is 0.950. The normalized spacial score (nSPS) is 28.0. The van der Waals surface area contributed by atoms with Crippen molar-refractivity contribution in [3.8, 4) is 0 Å². The van der Waals surface area contributed by atoms with Crippen molar-refractivity contribution in [1.82, 2.24) is 0 Å². The van der Waals surface area contributed by atoms with Crippen LogP contribution < -0.4 is 0 Å². The van der Waals surface area contributed by atoms with Crippen LogP contribution in [0, 0.1) is 11.8 Å². The Morgan fingerprint density at radius 2 is 0.750 bits per heavy atom. The van der Waals surface area contributed by atoms with Crippen LogP contribution in [0.5, 0.6) is 0 Å². The number of unbranched alkanes of at least 4 members (excludes halogenated alkanes) is 9. The molecule has 2 aliphatic rings. The van der Waals surface area contributed by atoms with Gasteiger partial charge in [0.15, 0.2) is 0 Å². The minimum Gasteiger partial charge on any atom is -0.463 e. The Hall–Kier alpha value is 0.800. The van der Waals surface area contributed by atoms with Crippen molar-refractivity contribution in [3.05, 3.63) is 0 Å². The highest BCUT2D eigenvalue weighted by atomic mass is 33.1. The molecule has 0 saturated carbocycles. The minimum absolute atomic E-state index is 0.113. The van der Waals surface area contributed by atoms with Crippen molar-refractivity contribution in [2.45, 2.75) is 166 Å². The van der Waals surface area contributed by atoms with Gasteiger partial charge in [-0.25, -0.2) is 0 Å². The number of aliphatic hydroxyl groups excluding tert-OH is 4. The Balaban J connectivity index is 1.21. The maximum Gasteiger partial charge on any atom is 0.306 e. The molecule has 2 aliphatic heterocycles. The SMILES string of the molecule is CC1OC(COC(=O)CCSSCCCCCCSCCCCCCSCCCCCCSSCCC(=O)OCC2OC(C)C(O)C(O)C2C)C(C)C(O)C1O. The van der Waals surface area contributed by atoms with Crippen molar-refractivity contribution in [1.29, 1.82) is 0 Å². The van der Waals surface area contributed by atoms with Crippen molar-refractivity contribution >= 4 is 78.6 Å². The van der Waals surface area contributed by atoms with E-state index in [1.807, 2.05) is 21.6 Å². The average Bonchev–Trinajstić information content (AvgIpc) is 3.18. The molecule has 0 aliphatic carbocycles. The van der Waals surface area contributed by atoms with E-state index in [2.05, 4.69) is 23.5 Å². The van der Waals surface area contributed by atoms with Crippen LogP contribution >= 0.6 is 66.7 Å². The Morgan fingerprint density at radius 3 is 1.09 bits per heavy atom. The Morgan fingerprint density at radius 1 is 0.446 bits per heavy atom. The van der Waals surface area contributed by atoms with Gasteiger partial charge in [0.1, 0.15) is 25.4 Å². The van der Waals surface area contributed by atoms with Crippen molar-refractivity contribution in [2.75, 3.05) is 59.2 Å². The van der Waals surface area contributed by atoms with E-state index in [1.54, 1.807) is 49.3 Å². The standard InChI is InChI=1S/C40H74O10S6/c1-29-33(49-31(3)39(45)37(29)43)27-47-35(41)17-25-55-53-23-15-9-7-13-21-51-19-11-5-6-12-20-52-22-14-8-10-16-24-54-56-26-18-36(42)48-28-34-30(2)38(44)40(46)32(4)50-34/h29-34,37-40,43-46H,5-28H2,1-4H3. The number of thioether (sulfide) groups is 2. The molecule has 10 atom stereocenters. The van der Waals surface area contributed by atoms with Crippen LogP contribution in [0.15, 0.2) is 0 Å². The molecule has 2 heterocycles. The van der Waals surface area contributed by atoms with E-state index in [9.17, 15) is 30.0 Å². The smallest absolute Gasteiger partial charge is 0.306 e. The summed E-state index contributed by atoms with van der Waals surface area (Å²) in [7, 11) is 7.12. The summed E-state index contributed by atoms with van der Waals surface area (Å²) in [6.45, 7) is 7.27. The highest BCUT2D eigenvalue weighted by Crippen LogP contribution is 2.29. The highest BCUT2D eigenvalue weighted by Gasteiger charge is 2.41. The lowest BCUT2D eigenvalue weighted by atomic mass is 9.89. The topological polar surface area (TPSA) is 152 Å². The first-order valence-electron chi connectivity index (χ1n) is 21.0. The molecule has 4 N–H and O–H groups in total. The summed E-state index contributed by atoms with van der Waals surface area (Å²) in [5.41, 5.74) is 0. The van der Waals surface area contributed by atoms with Gasteiger partial charge >= 0.3 is 11.9 Å². The number of ether oxygens (including phenoxy) is 4. The van der Waals surface area contributed by atoms with Crippen LogP contribution in [0.1, 0.15) is 118 Å². The second kappa shape index (κ2) is 33.4. The molecule has 0 spiro atoms. The molecule has 0 amide bonds. The molecule has 10 nitrogen and oxygen atoms in total. The third-order valence-corrected chi connectivity index (χ3v) is 17.6. The summed E-state index contributed by atoms with van der Waals surface area (Å²) in [5.74, 6) is 7.74. The molecule has 0 bridgehead atoms. The van der Waals surface area contributed by atoms with Crippen LogP contribution in [0.2, 0.25) is 0 Å². The van der Waals surface area contributed by atoms with Gasteiger partial charge in [-0.15, -0.1) is 0 Å². The van der Waals surface area contributed by atoms with Crippen molar-refractivity contribution in [3.63, 3.8) is 0 Å². The van der Waals surface area contributed by atoms with Crippen LogP contribution in [0.4, 0.5) is 0 Å². The first kappa shape index (κ1) is 52.9.